The van der Waals surface area contributed by atoms with Crippen molar-refractivity contribution >= 4 is 0 Å². The second-order valence-corrected chi connectivity index (χ2v) is 6.22. The molecule has 0 spiro atoms. The number of fused-ring (bicyclic) bond motifs is 1. The van der Waals surface area contributed by atoms with E-state index in [2.05, 4.69) is 38.2 Å². The number of nitrogens with one attached hydrogen (secondary N) is 1. The summed E-state index contributed by atoms with van der Waals surface area (Å²) >= 11 is 0. The van der Waals surface area contributed by atoms with Crippen molar-refractivity contribution in [1.29, 1.82) is 0 Å². The Bertz CT molecular complexity index is 423. The molecule has 0 saturated heterocycles. The van der Waals surface area contributed by atoms with Gasteiger partial charge >= 0.3 is 0 Å². The summed E-state index contributed by atoms with van der Waals surface area (Å²) in [6, 6.07) is 6.79. The number of benzene rings is 1. The van der Waals surface area contributed by atoms with Gasteiger partial charge in [0.1, 0.15) is 13.2 Å². The molecule has 0 amide bonds. The summed E-state index contributed by atoms with van der Waals surface area (Å²) < 4.78 is 11.2. The molecule has 0 aliphatic carbocycles. The number of aryl methyl sites for hydroxylation is 1. The van der Waals surface area contributed by atoms with Gasteiger partial charge in [0.25, 0.3) is 0 Å². The van der Waals surface area contributed by atoms with Crippen LogP contribution in [0.3, 0.4) is 0 Å². The van der Waals surface area contributed by atoms with Crippen LogP contribution in [0.15, 0.2) is 18.2 Å². The van der Waals surface area contributed by atoms with Crippen molar-refractivity contribution in [1.82, 2.24) is 5.32 Å². The van der Waals surface area contributed by atoms with Crippen molar-refractivity contribution in [3.63, 3.8) is 0 Å². The van der Waals surface area contributed by atoms with Gasteiger partial charge < -0.3 is 14.8 Å². The topological polar surface area (TPSA) is 30.5 Å². The Morgan fingerprint density at radius 1 is 1.16 bits per heavy atom. The first kappa shape index (κ1) is 14.2. The van der Waals surface area contributed by atoms with Gasteiger partial charge in [-0.3, -0.25) is 0 Å². The minimum absolute atomic E-state index is 0.280. The summed E-state index contributed by atoms with van der Waals surface area (Å²) in [6.45, 7) is 8.13. The van der Waals surface area contributed by atoms with Gasteiger partial charge in [-0.05, 0) is 43.0 Å². The van der Waals surface area contributed by atoms with E-state index >= 15 is 0 Å². The maximum absolute atomic E-state index is 5.62. The predicted octanol–water partition coefficient (Wildman–Crippen LogP) is 3.02. The number of hydrogen-bond acceptors (Lipinski definition) is 3. The zero-order chi connectivity index (χ0) is 13.9. The van der Waals surface area contributed by atoms with E-state index in [1.54, 1.807) is 0 Å². The molecule has 1 heterocycles. The van der Waals surface area contributed by atoms with Gasteiger partial charge in [0, 0.05) is 6.04 Å². The summed E-state index contributed by atoms with van der Waals surface area (Å²) in [4.78, 5) is 0. The number of ether oxygens (including phenoxy) is 2. The molecule has 0 bridgehead atoms. The molecule has 1 N–H and O–H groups in total. The standard InChI is InChI=1S/C16H25NO2/c1-16(2,3)15(17-4)8-6-12-5-7-13-14(11-12)19-10-9-18-13/h5,7,11,15,17H,6,8-10H2,1-4H3. The molecule has 1 aromatic rings. The van der Waals surface area contributed by atoms with Crippen molar-refractivity contribution in [3.05, 3.63) is 23.8 Å². The van der Waals surface area contributed by atoms with Crippen molar-refractivity contribution in [3.8, 4) is 11.5 Å². The highest BCUT2D eigenvalue weighted by Gasteiger charge is 2.22. The highest BCUT2D eigenvalue weighted by atomic mass is 16.6. The van der Waals surface area contributed by atoms with Crippen LogP contribution in [0.2, 0.25) is 0 Å². The normalized spacial score (nSPS) is 16.2. The van der Waals surface area contributed by atoms with Crippen LogP contribution in [0.4, 0.5) is 0 Å². The molecule has 0 saturated carbocycles. The first-order chi connectivity index (χ1) is 9.00. The van der Waals surface area contributed by atoms with Crippen LogP contribution in [0.1, 0.15) is 32.8 Å². The zero-order valence-electron chi connectivity index (χ0n) is 12.5. The fraction of sp³-hybridized carbons (Fsp3) is 0.625. The molecule has 3 nitrogen and oxygen atoms in total. The Labute approximate surface area is 116 Å². The van der Waals surface area contributed by atoms with Crippen molar-refractivity contribution in [2.45, 2.75) is 39.7 Å². The summed E-state index contributed by atoms with van der Waals surface area (Å²) in [6.07, 6.45) is 2.18. The quantitative estimate of drug-likeness (QED) is 0.905. The summed E-state index contributed by atoms with van der Waals surface area (Å²) in [7, 11) is 2.04. The maximum Gasteiger partial charge on any atom is 0.161 e. The van der Waals surface area contributed by atoms with Crippen LogP contribution in [-0.4, -0.2) is 26.3 Å². The van der Waals surface area contributed by atoms with Crippen LogP contribution in [0.25, 0.3) is 0 Å². The van der Waals surface area contributed by atoms with E-state index in [1.165, 1.54) is 5.56 Å². The van der Waals surface area contributed by atoms with Gasteiger partial charge in [0.15, 0.2) is 11.5 Å². The Kier molecular flexibility index (Phi) is 4.35. The molecule has 0 fully saturated rings. The van der Waals surface area contributed by atoms with E-state index in [-0.39, 0.29) is 5.41 Å². The lowest BCUT2D eigenvalue weighted by molar-refractivity contribution is 0.171. The van der Waals surface area contributed by atoms with Gasteiger partial charge in [0.05, 0.1) is 0 Å². The van der Waals surface area contributed by atoms with Crippen LogP contribution in [-0.2, 0) is 6.42 Å². The van der Waals surface area contributed by atoms with Crippen LogP contribution >= 0.6 is 0 Å². The van der Waals surface area contributed by atoms with Gasteiger partial charge in [-0.15, -0.1) is 0 Å². The van der Waals surface area contributed by atoms with Gasteiger partial charge in [-0.25, -0.2) is 0 Å². The largest absolute Gasteiger partial charge is 0.486 e. The van der Waals surface area contributed by atoms with E-state index in [1.807, 2.05) is 13.1 Å². The zero-order valence-corrected chi connectivity index (χ0v) is 12.5. The van der Waals surface area contributed by atoms with Gasteiger partial charge in [0.2, 0.25) is 0 Å². The molecule has 3 heteroatoms. The fourth-order valence-corrected chi connectivity index (χ4v) is 2.56. The molecule has 106 valence electrons. The third-order valence-corrected chi connectivity index (χ3v) is 3.72. The molecule has 1 unspecified atom stereocenters. The minimum atomic E-state index is 0.280. The highest BCUT2D eigenvalue weighted by Crippen LogP contribution is 2.31. The summed E-state index contributed by atoms with van der Waals surface area (Å²) in [5, 5.41) is 3.42. The molecule has 1 aromatic carbocycles. The molecular weight excluding hydrogens is 238 g/mol. The SMILES string of the molecule is CNC(CCc1ccc2c(c1)OCCO2)C(C)(C)C. The smallest absolute Gasteiger partial charge is 0.161 e. The van der Waals surface area contributed by atoms with E-state index in [0.717, 1.165) is 24.3 Å². The monoisotopic (exact) mass is 263 g/mol. The maximum atomic E-state index is 5.62. The van der Waals surface area contributed by atoms with Crippen molar-refractivity contribution in [2.24, 2.45) is 5.41 Å². The van der Waals surface area contributed by atoms with Gasteiger partial charge in [-0.1, -0.05) is 26.8 Å². The number of hydrogen-bond donors (Lipinski definition) is 1. The average Bonchev–Trinajstić information content (AvgIpc) is 2.37. The second-order valence-electron chi connectivity index (χ2n) is 6.22. The predicted molar refractivity (Wildman–Crippen MR) is 78.1 cm³/mol. The molecule has 1 aliphatic rings. The lowest BCUT2D eigenvalue weighted by Gasteiger charge is -2.30. The molecule has 1 aliphatic heterocycles. The van der Waals surface area contributed by atoms with E-state index < -0.39 is 0 Å². The summed E-state index contributed by atoms with van der Waals surface area (Å²) in [5.74, 6) is 1.76. The molecule has 2 rings (SSSR count). The molecule has 1 atom stereocenters. The molecule has 19 heavy (non-hydrogen) atoms. The lowest BCUT2D eigenvalue weighted by Crippen LogP contribution is -2.38. The average molecular weight is 263 g/mol. The first-order valence-corrected chi connectivity index (χ1v) is 7.06. The van der Waals surface area contributed by atoms with E-state index in [9.17, 15) is 0 Å². The van der Waals surface area contributed by atoms with Crippen LogP contribution in [0.5, 0.6) is 11.5 Å². The Morgan fingerprint density at radius 2 is 1.84 bits per heavy atom. The van der Waals surface area contributed by atoms with Crippen molar-refractivity contribution in [2.75, 3.05) is 20.3 Å². The van der Waals surface area contributed by atoms with E-state index in [4.69, 9.17) is 9.47 Å². The molecular formula is C16H25NO2. The van der Waals surface area contributed by atoms with Gasteiger partial charge in [-0.2, -0.15) is 0 Å². The molecule has 0 radical (unpaired) electrons. The van der Waals surface area contributed by atoms with Crippen molar-refractivity contribution < 1.29 is 9.47 Å². The Hall–Kier alpha value is -1.22. The fourth-order valence-electron chi connectivity index (χ4n) is 2.56. The summed E-state index contributed by atoms with van der Waals surface area (Å²) in [5.41, 5.74) is 1.59. The first-order valence-electron chi connectivity index (χ1n) is 7.06. The lowest BCUT2D eigenvalue weighted by atomic mass is 9.83. The Balaban J connectivity index is 1.99. The third-order valence-electron chi connectivity index (χ3n) is 3.72. The third kappa shape index (κ3) is 3.63. The Morgan fingerprint density at radius 3 is 2.47 bits per heavy atom. The highest BCUT2D eigenvalue weighted by molar-refractivity contribution is 5.43. The van der Waals surface area contributed by atoms with Crippen LogP contribution < -0.4 is 14.8 Å². The molecule has 0 aromatic heterocycles. The van der Waals surface area contributed by atoms with E-state index in [0.29, 0.717) is 19.3 Å². The number of rotatable bonds is 4. The minimum Gasteiger partial charge on any atom is -0.486 e. The second kappa shape index (κ2) is 5.83. The van der Waals surface area contributed by atoms with Crippen LogP contribution in [0, 0.1) is 5.41 Å².